The summed E-state index contributed by atoms with van der Waals surface area (Å²) in [5.41, 5.74) is 1.66. The zero-order chi connectivity index (χ0) is 17.2. The van der Waals surface area contributed by atoms with Gasteiger partial charge >= 0.3 is 5.97 Å². The third-order valence-electron chi connectivity index (χ3n) is 3.03. The lowest BCUT2D eigenvalue weighted by molar-refractivity contribution is -0.143. The number of hydrogen-bond acceptors (Lipinski definition) is 5. The Morgan fingerprint density at radius 2 is 1.96 bits per heavy atom. The maximum Gasteiger partial charge on any atom is 0.331 e. The predicted molar refractivity (Wildman–Crippen MR) is 89.1 cm³/mol. The van der Waals surface area contributed by atoms with E-state index < -0.39 is 5.97 Å². The Bertz CT molecular complexity index is 697. The lowest BCUT2D eigenvalue weighted by Crippen LogP contribution is -2.24. The van der Waals surface area contributed by atoms with Crippen LogP contribution in [-0.2, 0) is 20.9 Å². The zero-order valence-electron chi connectivity index (χ0n) is 13.3. The molecular weight excluding hydrogens is 308 g/mol. The van der Waals surface area contributed by atoms with Crippen molar-refractivity contribution in [2.24, 2.45) is 0 Å². The quantitative estimate of drug-likeness (QED) is 0.622. The van der Waals surface area contributed by atoms with Crippen LogP contribution in [0.2, 0.25) is 0 Å². The van der Waals surface area contributed by atoms with Gasteiger partial charge in [-0.3, -0.25) is 9.78 Å². The third kappa shape index (κ3) is 5.92. The zero-order valence-corrected chi connectivity index (χ0v) is 13.3. The van der Waals surface area contributed by atoms with Crippen molar-refractivity contribution >= 4 is 18.0 Å². The second kappa shape index (κ2) is 9.09. The van der Waals surface area contributed by atoms with E-state index in [1.807, 2.05) is 30.3 Å². The van der Waals surface area contributed by atoms with Crippen LogP contribution in [0.3, 0.4) is 0 Å². The van der Waals surface area contributed by atoms with Crippen LogP contribution in [0.5, 0.6) is 5.75 Å². The Morgan fingerprint density at radius 1 is 1.17 bits per heavy atom. The van der Waals surface area contributed by atoms with E-state index in [9.17, 15) is 9.59 Å². The van der Waals surface area contributed by atoms with Crippen molar-refractivity contribution in [3.8, 4) is 5.75 Å². The molecule has 1 amide bonds. The summed E-state index contributed by atoms with van der Waals surface area (Å²) in [6.07, 6.45) is 4.59. The fourth-order valence-corrected chi connectivity index (χ4v) is 1.74. The molecule has 0 bridgehead atoms. The first-order chi connectivity index (χ1) is 11.7. The highest BCUT2D eigenvalue weighted by Crippen LogP contribution is 2.14. The monoisotopic (exact) mass is 326 g/mol. The number of pyridine rings is 1. The number of likely N-dealkylation sites (N-methyl/N-ethyl adjacent to an activating group) is 1. The summed E-state index contributed by atoms with van der Waals surface area (Å²) < 4.78 is 10.4. The summed E-state index contributed by atoms with van der Waals surface area (Å²) in [4.78, 5) is 26.6. The molecule has 0 radical (unpaired) electrons. The van der Waals surface area contributed by atoms with Crippen molar-refractivity contribution in [3.63, 3.8) is 0 Å². The van der Waals surface area contributed by atoms with Crippen molar-refractivity contribution in [1.29, 1.82) is 0 Å². The minimum absolute atomic E-state index is 0.292. The van der Waals surface area contributed by atoms with Crippen molar-refractivity contribution < 1.29 is 19.1 Å². The maximum absolute atomic E-state index is 11.4. The van der Waals surface area contributed by atoms with Crippen LogP contribution in [0.1, 0.15) is 11.3 Å². The normalized spacial score (nSPS) is 10.4. The van der Waals surface area contributed by atoms with Gasteiger partial charge in [0.15, 0.2) is 6.61 Å². The van der Waals surface area contributed by atoms with Crippen LogP contribution < -0.4 is 10.1 Å². The fraction of sp³-hybridized carbons (Fsp3) is 0.167. The van der Waals surface area contributed by atoms with Gasteiger partial charge in [-0.25, -0.2) is 4.79 Å². The van der Waals surface area contributed by atoms with E-state index >= 15 is 0 Å². The molecule has 24 heavy (non-hydrogen) atoms. The van der Waals surface area contributed by atoms with Gasteiger partial charge in [0, 0.05) is 19.3 Å². The largest absolute Gasteiger partial charge is 0.487 e. The molecule has 0 fully saturated rings. The molecule has 0 saturated heterocycles. The Balaban J connectivity index is 1.82. The number of nitrogens with zero attached hydrogens (tertiary/aromatic N) is 1. The number of esters is 1. The minimum atomic E-state index is -0.575. The first kappa shape index (κ1) is 17.2. The molecule has 6 heteroatoms. The smallest absolute Gasteiger partial charge is 0.331 e. The van der Waals surface area contributed by atoms with Gasteiger partial charge < -0.3 is 14.8 Å². The van der Waals surface area contributed by atoms with Gasteiger partial charge in [-0.1, -0.05) is 18.2 Å². The number of aromatic nitrogens is 1. The Kier molecular flexibility index (Phi) is 6.52. The summed E-state index contributed by atoms with van der Waals surface area (Å²) in [6, 6.07) is 12.9. The molecule has 1 N–H and O–H groups in total. The van der Waals surface area contributed by atoms with Crippen LogP contribution in [0.4, 0.5) is 0 Å². The van der Waals surface area contributed by atoms with Crippen molar-refractivity contribution in [2.45, 2.75) is 6.61 Å². The van der Waals surface area contributed by atoms with Crippen molar-refractivity contribution in [1.82, 2.24) is 10.3 Å². The average molecular weight is 326 g/mol. The molecule has 1 heterocycles. The molecule has 2 rings (SSSR count). The van der Waals surface area contributed by atoms with Crippen LogP contribution >= 0.6 is 0 Å². The van der Waals surface area contributed by atoms with Crippen molar-refractivity contribution in [2.75, 3.05) is 13.7 Å². The summed E-state index contributed by atoms with van der Waals surface area (Å²) >= 11 is 0. The van der Waals surface area contributed by atoms with Gasteiger partial charge in [-0.15, -0.1) is 0 Å². The molecule has 0 aliphatic rings. The molecule has 2 aromatic rings. The van der Waals surface area contributed by atoms with Crippen LogP contribution in [0.25, 0.3) is 6.08 Å². The molecule has 0 spiro atoms. The Morgan fingerprint density at radius 3 is 2.62 bits per heavy atom. The number of nitrogens with one attached hydrogen (secondary N) is 1. The van der Waals surface area contributed by atoms with Gasteiger partial charge in [0.1, 0.15) is 12.4 Å². The molecule has 0 aliphatic heterocycles. The first-order valence-corrected chi connectivity index (χ1v) is 7.35. The van der Waals surface area contributed by atoms with E-state index in [0.717, 1.165) is 11.3 Å². The van der Waals surface area contributed by atoms with E-state index in [1.54, 1.807) is 24.4 Å². The molecule has 0 unspecified atom stereocenters. The minimum Gasteiger partial charge on any atom is -0.487 e. The molecule has 1 aromatic heterocycles. The third-order valence-corrected chi connectivity index (χ3v) is 3.03. The molecule has 124 valence electrons. The number of ether oxygens (including phenoxy) is 2. The van der Waals surface area contributed by atoms with E-state index in [0.29, 0.717) is 12.4 Å². The molecular formula is C18H18N2O4. The van der Waals surface area contributed by atoms with E-state index in [-0.39, 0.29) is 12.5 Å². The highest BCUT2D eigenvalue weighted by molar-refractivity contribution is 5.89. The Labute approximate surface area is 140 Å². The van der Waals surface area contributed by atoms with Gasteiger partial charge in [0.25, 0.3) is 5.91 Å². The highest BCUT2D eigenvalue weighted by atomic mass is 16.5. The number of carbonyl (C=O) groups is 2. The summed E-state index contributed by atoms with van der Waals surface area (Å²) in [5.74, 6) is -0.222. The predicted octanol–water partition coefficient (Wildman–Crippen LogP) is 1.96. The average Bonchev–Trinajstić information content (AvgIpc) is 2.64. The van der Waals surface area contributed by atoms with Crippen LogP contribution in [0, 0.1) is 0 Å². The van der Waals surface area contributed by atoms with Crippen molar-refractivity contribution in [3.05, 3.63) is 66.0 Å². The highest BCUT2D eigenvalue weighted by Gasteiger charge is 2.02. The van der Waals surface area contributed by atoms with E-state index in [4.69, 9.17) is 9.47 Å². The summed E-state index contributed by atoms with van der Waals surface area (Å²) in [7, 11) is 1.48. The number of benzene rings is 1. The van der Waals surface area contributed by atoms with E-state index in [1.165, 1.54) is 13.1 Å². The maximum atomic E-state index is 11.4. The number of rotatable bonds is 7. The lowest BCUT2D eigenvalue weighted by Gasteiger charge is -2.05. The van der Waals surface area contributed by atoms with Crippen LogP contribution in [0.15, 0.2) is 54.7 Å². The number of amides is 1. The summed E-state index contributed by atoms with van der Waals surface area (Å²) in [6.45, 7) is 0.0990. The fourth-order valence-electron chi connectivity index (χ4n) is 1.74. The second-order valence-electron chi connectivity index (χ2n) is 4.79. The number of hydrogen-bond donors (Lipinski definition) is 1. The van der Waals surface area contributed by atoms with E-state index in [2.05, 4.69) is 10.3 Å². The van der Waals surface area contributed by atoms with Gasteiger partial charge in [0.2, 0.25) is 0 Å². The SMILES string of the molecule is CNC(=O)COC(=O)/C=C/c1ccc(OCc2ccccn2)cc1. The molecule has 0 aliphatic carbocycles. The van der Waals surface area contributed by atoms with Crippen LogP contribution in [-0.4, -0.2) is 30.5 Å². The van der Waals surface area contributed by atoms with Gasteiger partial charge in [-0.05, 0) is 35.9 Å². The molecule has 0 atom stereocenters. The van der Waals surface area contributed by atoms with Gasteiger partial charge in [0.05, 0.1) is 5.69 Å². The lowest BCUT2D eigenvalue weighted by atomic mass is 10.2. The first-order valence-electron chi connectivity index (χ1n) is 7.35. The molecule has 1 aromatic carbocycles. The van der Waals surface area contributed by atoms with Gasteiger partial charge in [-0.2, -0.15) is 0 Å². The second-order valence-corrected chi connectivity index (χ2v) is 4.79. The number of carbonyl (C=O) groups excluding carboxylic acids is 2. The Hall–Kier alpha value is -3.15. The molecule has 6 nitrogen and oxygen atoms in total. The summed E-state index contributed by atoms with van der Waals surface area (Å²) in [5, 5.41) is 2.37. The topological polar surface area (TPSA) is 77.5 Å². The molecule has 0 saturated carbocycles. The standard InChI is InChI=1S/C18H18N2O4/c1-19-17(21)13-24-18(22)10-7-14-5-8-16(9-6-14)23-12-15-4-2-3-11-20-15/h2-11H,12-13H2,1H3,(H,19,21)/b10-7+.